The van der Waals surface area contributed by atoms with Crippen LogP contribution in [0.5, 0.6) is 0 Å². The quantitative estimate of drug-likeness (QED) is 0.633. The van der Waals surface area contributed by atoms with E-state index in [1.165, 1.54) is 5.01 Å². The van der Waals surface area contributed by atoms with Gasteiger partial charge in [-0.15, -0.1) is 0 Å². The van der Waals surface area contributed by atoms with Crippen LogP contribution in [-0.2, 0) is 11.3 Å². The topological polar surface area (TPSA) is 76.2 Å². The Bertz CT molecular complexity index is 488. The average molecular weight is 348 g/mol. The number of aromatic nitrogens is 2. The molecule has 1 aromatic rings. The highest BCUT2D eigenvalue weighted by Crippen LogP contribution is 2.19. The van der Waals surface area contributed by atoms with Crippen molar-refractivity contribution in [2.24, 2.45) is 5.73 Å². The highest BCUT2D eigenvalue weighted by atomic mass is 79.9. The maximum atomic E-state index is 11.8. The summed E-state index contributed by atoms with van der Waals surface area (Å²) in [5, 5.41) is 5.94. The monoisotopic (exact) mass is 347 g/mol. The molecule has 6 nitrogen and oxygen atoms in total. The lowest BCUT2D eigenvalue weighted by atomic mass is 10.4. The normalized spacial score (nSPS) is 10.3. The molecular formula is C11H18BrN5OS. The standard InChI is InChI=1S/C11H18BrN5OS/c1-4-16(11(13)19)15-9(18)5-6-17-8(3)10(12)7(2)14-17/h4-6H2,1-3H3,(H2,13,19)(H,15,18). The van der Waals surface area contributed by atoms with Gasteiger partial charge in [0.25, 0.3) is 0 Å². The molecule has 0 saturated carbocycles. The van der Waals surface area contributed by atoms with Gasteiger partial charge in [-0.1, -0.05) is 0 Å². The Kier molecular flexibility index (Phi) is 5.74. The van der Waals surface area contributed by atoms with Crippen LogP contribution in [0.25, 0.3) is 0 Å². The van der Waals surface area contributed by atoms with E-state index in [1.807, 2.05) is 20.8 Å². The number of carbonyl (C=O) groups excluding carboxylic acids is 1. The lowest BCUT2D eigenvalue weighted by Crippen LogP contribution is -2.48. The molecule has 0 fully saturated rings. The summed E-state index contributed by atoms with van der Waals surface area (Å²) in [5.74, 6) is -0.140. The first kappa shape index (κ1) is 15.9. The van der Waals surface area contributed by atoms with Crippen LogP contribution in [0.3, 0.4) is 0 Å². The second-order valence-electron chi connectivity index (χ2n) is 4.08. The van der Waals surface area contributed by atoms with Crippen molar-refractivity contribution in [3.8, 4) is 0 Å². The molecule has 0 saturated heterocycles. The van der Waals surface area contributed by atoms with Gasteiger partial charge in [-0.2, -0.15) is 5.10 Å². The molecule has 8 heteroatoms. The van der Waals surface area contributed by atoms with Gasteiger partial charge in [0.15, 0.2) is 5.11 Å². The lowest BCUT2D eigenvalue weighted by molar-refractivity contribution is -0.124. The molecule has 1 rings (SSSR count). The zero-order chi connectivity index (χ0) is 14.6. The number of nitrogens with zero attached hydrogens (tertiary/aromatic N) is 3. The number of thiocarbonyl (C=S) groups is 1. The van der Waals surface area contributed by atoms with Crippen LogP contribution in [0.1, 0.15) is 24.7 Å². The summed E-state index contributed by atoms with van der Waals surface area (Å²) in [6, 6.07) is 0. The van der Waals surface area contributed by atoms with Crippen molar-refractivity contribution in [2.45, 2.75) is 33.7 Å². The number of hydrogen-bond donors (Lipinski definition) is 2. The van der Waals surface area contributed by atoms with Gasteiger partial charge >= 0.3 is 0 Å². The first-order chi connectivity index (χ1) is 8.86. The Morgan fingerprint density at radius 1 is 1.58 bits per heavy atom. The van der Waals surface area contributed by atoms with E-state index >= 15 is 0 Å². The van der Waals surface area contributed by atoms with E-state index in [-0.39, 0.29) is 11.0 Å². The van der Waals surface area contributed by atoms with E-state index in [4.69, 9.17) is 18.0 Å². The number of amides is 1. The Labute approximate surface area is 126 Å². The van der Waals surface area contributed by atoms with Gasteiger partial charge < -0.3 is 5.73 Å². The van der Waals surface area contributed by atoms with Crippen molar-refractivity contribution in [3.05, 3.63) is 15.9 Å². The molecule has 0 bridgehead atoms. The maximum Gasteiger partial charge on any atom is 0.240 e. The molecule has 3 N–H and O–H groups in total. The van der Waals surface area contributed by atoms with Crippen LogP contribution < -0.4 is 11.2 Å². The van der Waals surface area contributed by atoms with Gasteiger partial charge in [0, 0.05) is 18.7 Å². The van der Waals surface area contributed by atoms with Gasteiger partial charge in [-0.05, 0) is 48.9 Å². The molecule has 106 valence electrons. The maximum absolute atomic E-state index is 11.8. The van der Waals surface area contributed by atoms with E-state index in [0.717, 1.165) is 15.9 Å². The molecule has 1 heterocycles. The number of nitrogens with two attached hydrogens (primary N) is 1. The fourth-order valence-electron chi connectivity index (χ4n) is 1.60. The molecule has 0 atom stereocenters. The molecular weight excluding hydrogens is 330 g/mol. The molecule has 1 aromatic heterocycles. The summed E-state index contributed by atoms with van der Waals surface area (Å²) in [6.07, 6.45) is 0.313. The van der Waals surface area contributed by atoms with Crippen LogP contribution in [0, 0.1) is 13.8 Å². The minimum Gasteiger partial charge on any atom is -0.375 e. The molecule has 0 aromatic carbocycles. The molecule has 1 amide bonds. The van der Waals surface area contributed by atoms with E-state index in [1.54, 1.807) is 4.68 Å². The summed E-state index contributed by atoms with van der Waals surface area (Å²) in [5.41, 5.74) is 10.0. The second-order valence-corrected chi connectivity index (χ2v) is 5.29. The lowest BCUT2D eigenvalue weighted by Gasteiger charge is -2.21. The zero-order valence-corrected chi connectivity index (χ0v) is 13.6. The summed E-state index contributed by atoms with van der Waals surface area (Å²) < 4.78 is 2.78. The SMILES string of the molecule is CCN(NC(=O)CCn1nc(C)c(Br)c1C)C(N)=S. The number of nitrogens with one attached hydrogen (secondary N) is 1. The van der Waals surface area contributed by atoms with E-state index < -0.39 is 0 Å². The first-order valence-corrected chi connectivity index (χ1v) is 7.12. The molecule has 19 heavy (non-hydrogen) atoms. The van der Waals surface area contributed by atoms with Gasteiger partial charge in [0.05, 0.1) is 16.7 Å². The summed E-state index contributed by atoms with van der Waals surface area (Å²) in [6.45, 7) is 6.78. The van der Waals surface area contributed by atoms with Crippen LogP contribution >= 0.6 is 28.1 Å². The summed E-state index contributed by atoms with van der Waals surface area (Å²) in [4.78, 5) is 11.8. The summed E-state index contributed by atoms with van der Waals surface area (Å²) in [7, 11) is 0. The number of rotatable bonds is 4. The average Bonchev–Trinajstić information content (AvgIpc) is 2.60. The Hall–Kier alpha value is -1.15. The van der Waals surface area contributed by atoms with Gasteiger partial charge in [0.1, 0.15) is 0 Å². The molecule has 0 aliphatic rings. The number of carbonyl (C=O) groups is 1. The van der Waals surface area contributed by atoms with Crippen LogP contribution in [-0.4, -0.2) is 32.4 Å². The Morgan fingerprint density at radius 3 is 2.63 bits per heavy atom. The highest BCUT2D eigenvalue weighted by Gasteiger charge is 2.12. The van der Waals surface area contributed by atoms with Crippen molar-refractivity contribution in [2.75, 3.05) is 6.54 Å². The van der Waals surface area contributed by atoms with Gasteiger partial charge in [-0.3, -0.25) is 19.9 Å². The van der Waals surface area contributed by atoms with Crippen LogP contribution in [0.4, 0.5) is 0 Å². The minimum absolute atomic E-state index is 0.140. The Balaban J connectivity index is 2.54. The van der Waals surface area contributed by atoms with E-state index in [2.05, 4.69) is 26.5 Å². The van der Waals surface area contributed by atoms with Crippen molar-refractivity contribution < 1.29 is 4.79 Å². The van der Waals surface area contributed by atoms with E-state index in [0.29, 0.717) is 19.5 Å². The molecule has 0 radical (unpaired) electrons. The molecule has 0 unspecified atom stereocenters. The summed E-state index contributed by atoms with van der Waals surface area (Å²) >= 11 is 8.27. The van der Waals surface area contributed by atoms with Crippen molar-refractivity contribution in [1.82, 2.24) is 20.2 Å². The Morgan fingerprint density at radius 2 is 2.21 bits per heavy atom. The highest BCUT2D eigenvalue weighted by molar-refractivity contribution is 9.10. The molecule has 0 spiro atoms. The number of aryl methyl sites for hydroxylation is 2. The third kappa shape index (κ3) is 4.17. The minimum atomic E-state index is -0.140. The smallest absolute Gasteiger partial charge is 0.240 e. The first-order valence-electron chi connectivity index (χ1n) is 5.92. The third-order valence-corrected chi connectivity index (χ3v) is 4.05. The largest absolute Gasteiger partial charge is 0.375 e. The van der Waals surface area contributed by atoms with E-state index in [9.17, 15) is 4.79 Å². The van der Waals surface area contributed by atoms with Crippen LogP contribution in [0.15, 0.2) is 4.47 Å². The van der Waals surface area contributed by atoms with Crippen LogP contribution in [0.2, 0.25) is 0 Å². The van der Waals surface area contributed by atoms with Crippen molar-refractivity contribution >= 4 is 39.2 Å². The fraction of sp³-hybridized carbons (Fsp3) is 0.545. The molecule has 0 aliphatic heterocycles. The van der Waals surface area contributed by atoms with Crippen molar-refractivity contribution in [3.63, 3.8) is 0 Å². The zero-order valence-electron chi connectivity index (χ0n) is 11.2. The predicted octanol–water partition coefficient (Wildman–Crippen LogP) is 1.25. The number of halogens is 1. The van der Waals surface area contributed by atoms with Gasteiger partial charge in [-0.25, -0.2) is 0 Å². The number of hydrogen-bond acceptors (Lipinski definition) is 3. The number of hydrazine groups is 1. The van der Waals surface area contributed by atoms with Crippen molar-refractivity contribution in [1.29, 1.82) is 0 Å². The second kappa shape index (κ2) is 6.85. The predicted molar refractivity (Wildman–Crippen MR) is 81.3 cm³/mol. The third-order valence-electron chi connectivity index (χ3n) is 2.69. The van der Waals surface area contributed by atoms with Gasteiger partial charge in [0.2, 0.25) is 5.91 Å². The molecule has 0 aliphatic carbocycles. The fourth-order valence-corrected chi connectivity index (χ4v) is 2.06.